The van der Waals surface area contributed by atoms with Crippen molar-refractivity contribution in [3.63, 3.8) is 0 Å². The molecule has 0 unspecified atom stereocenters. The predicted octanol–water partition coefficient (Wildman–Crippen LogP) is 6.88. The molecule has 0 spiro atoms. The molecule has 41 heavy (non-hydrogen) atoms. The molecule has 0 aliphatic carbocycles. The molecule has 0 saturated carbocycles. The second-order valence-corrected chi connectivity index (χ2v) is 9.27. The number of carbonyl (C=O) groups is 2. The summed E-state index contributed by atoms with van der Waals surface area (Å²) in [5.74, 6) is 0.254. The first-order valence-electron chi connectivity index (χ1n) is 12.8. The Labute approximate surface area is 241 Å². The third kappa shape index (κ3) is 6.08. The molecule has 0 aliphatic heterocycles. The van der Waals surface area contributed by atoms with Gasteiger partial charge in [0.1, 0.15) is 11.4 Å². The molecule has 0 atom stereocenters. The number of carbonyl (C=O) groups excluding carboxylic acids is 2. The van der Waals surface area contributed by atoms with E-state index in [2.05, 4.69) is 15.5 Å². The molecule has 1 amide bonds. The van der Waals surface area contributed by atoms with E-state index in [4.69, 9.17) is 25.8 Å². The Hall–Kier alpha value is -5.08. The van der Waals surface area contributed by atoms with Crippen molar-refractivity contribution in [3.05, 3.63) is 113 Å². The summed E-state index contributed by atoms with van der Waals surface area (Å²) in [7, 11) is 1.60. The minimum Gasteiger partial charge on any atom is -0.497 e. The van der Waals surface area contributed by atoms with Gasteiger partial charge >= 0.3 is 5.97 Å². The number of nitrogens with one attached hydrogen (secondary N) is 2. The summed E-state index contributed by atoms with van der Waals surface area (Å²) in [5, 5.41) is 5.30. The highest BCUT2D eigenvalue weighted by Crippen LogP contribution is 2.35. The predicted molar refractivity (Wildman–Crippen MR) is 159 cm³/mol. The van der Waals surface area contributed by atoms with Crippen LogP contribution in [0, 0.1) is 0 Å². The lowest BCUT2D eigenvalue weighted by molar-refractivity contribution is 0.0728. The van der Waals surface area contributed by atoms with E-state index in [0.29, 0.717) is 34.4 Å². The second-order valence-electron chi connectivity index (χ2n) is 8.86. The van der Waals surface area contributed by atoms with Crippen LogP contribution in [0.4, 0.5) is 0 Å². The van der Waals surface area contributed by atoms with Gasteiger partial charge in [0.05, 0.1) is 30.5 Å². The van der Waals surface area contributed by atoms with Crippen LogP contribution in [0.5, 0.6) is 17.2 Å². The zero-order valence-electron chi connectivity index (χ0n) is 22.3. The second kappa shape index (κ2) is 12.4. The van der Waals surface area contributed by atoms with Crippen molar-refractivity contribution in [3.8, 4) is 28.4 Å². The normalized spacial score (nSPS) is 11.0. The van der Waals surface area contributed by atoms with Gasteiger partial charge < -0.3 is 19.2 Å². The Balaban J connectivity index is 1.37. The number of nitrogens with zero attached hydrogens (tertiary/aromatic N) is 1. The number of amides is 1. The standard InChI is InChI=1S/C32H26ClN3O5/c1-3-40-28-17-20(13-16-27(28)41-32(38)23-11-7-8-12-25(23)33)19-34-36-31(37)30-29(21-9-5-4-6-10-21)24-18-22(39-2)14-15-26(24)35-30/h4-19,35H,3H2,1-2H3,(H,36,37). The Kier molecular flexibility index (Phi) is 8.31. The van der Waals surface area contributed by atoms with Gasteiger partial charge in [-0.1, -0.05) is 54.1 Å². The third-order valence-electron chi connectivity index (χ3n) is 6.24. The van der Waals surface area contributed by atoms with Crippen molar-refractivity contribution < 1.29 is 23.8 Å². The molecule has 0 radical (unpaired) electrons. The maximum absolute atomic E-state index is 13.3. The van der Waals surface area contributed by atoms with Gasteiger partial charge in [-0.05, 0) is 66.6 Å². The Morgan fingerprint density at radius 1 is 0.951 bits per heavy atom. The Morgan fingerprint density at radius 3 is 2.49 bits per heavy atom. The van der Waals surface area contributed by atoms with Crippen LogP contribution in [-0.4, -0.2) is 36.8 Å². The number of aromatic amines is 1. The Bertz CT molecular complexity index is 1750. The largest absolute Gasteiger partial charge is 0.497 e. The van der Waals surface area contributed by atoms with Gasteiger partial charge in [0.25, 0.3) is 5.91 Å². The number of esters is 1. The highest BCUT2D eigenvalue weighted by atomic mass is 35.5. The molecule has 0 bridgehead atoms. The monoisotopic (exact) mass is 567 g/mol. The molecule has 0 saturated heterocycles. The molecule has 5 aromatic rings. The summed E-state index contributed by atoms with van der Waals surface area (Å²) < 4.78 is 16.6. The van der Waals surface area contributed by atoms with Gasteiger partial charge in [0, 0.05) is 16.5 Å². The number of hydrazone groups is 1. The van der Waals surface area contributed by atoms with Crippen LogP contribution < -0.4 is 19.6 Å². The zero-order chi connectivity index (χ0) is 28.8. The van der Waals surface area contributed by atoms with Crippen LogP contribution in [0.1, 0.15) is 33.3 Å². The van der Waals surface area contributed by atoms with E-state index < -0.39 is 11.9 Å². The number of rotatable bonds is 9. The van der Waals surface area contributed by atoms with Crippen LogP contribution in [0.25, 0.3) is 22.0 Å². The summed E-state index contributed by atoms with van der Waals surface area (Å²) in [6.07, 6.45) is 1.48. The van der Waals surface area contributed by atoms with Crippen molar-refractivity contribution >= 4 is 40.6 Å². The van der Waals surface area contributed by atoms with Crippen molar-refractivity contribution in [2.24, 2.45) is 5.10 Å². The van der Waals surface area contributed by atoms with Crippen molar-refractivity contribution in [1.29, 1.82) is 0 Å². The lowest BCUT2D eigenvalue weighted by Crippen LogP contribution is -2.18. The molecule has 1 heterocycles. The molecule has 4 aromatic carbocycles. The lowest BCUT2D eigenvalue weighted by Gasteiger charge is -2.12. The number of halogens is 1. The van der Waals surface area contributed by atoms with E-state index in [-0.39, 0.29) is 11.3 Å². The van der Waals surface area contributed by atoms with Gasteiger partial charge in [-0.2, -0.15) is 5.10 Å². The van der Waals surface area contributed by atoms with Gasteiger partial charge in [-0.15, -0.1) is 0 Å². The molecule has 2 N–H and O–H groups in total. The van der Waals surface area contributed by atoms with Crippen LogP contribution in [0.2, 0.25) is 5.02 Å². The number of hydrogen-bond acceptors (Lipinski definition) is 6. The van der Waals surface area contributed by atoms with Gasteiger partial charge in [0.15, 0.2) is 11.5 Å². The number of ether oxygens (including phenoxy) is 3. The van der Waals surface area contributed by atoms with Crippen LogP contribution >= 0.6 is 11.6 Å². The molecule has 0 aliphatic rings. The minimum atomic E-state index is -0.601. The number of hydrogen-bond donors (Lipinski definition) is 2. The summed E-state index contributed by atoms with van der Waals surface area (Å²) in [6, 6.07) is 26.8. The van der Waals surface area contributed by atoms with Crippen LogP contribution in [0.15, 0.2) is 96.1 Å². The fraction of sp³-hybridized carbons (Fsp3) is 0.0938. The van der Waals surface area contributed by atoms with Gasteiger partial charge in [-0.25, -0.2) is 10.2 Å². The van der Waals surface area contributed by atoms with E-state index in [1.54, 1.807) is 49.6 Å². The highest BCUT2D eigenvalue weighted by molar-refractivity contribution is 6.33. The number of aromatic nitrogens is 1. The van der Waals surface area contributed by atoms with Crippen molar-refractivity contribution in [2.45, 2.75) is 6.92 Å². The quantitative estimate of drug-likeness (QED) is 0.0875. The van der Waals surface area contributed by atoms with E-state index in [9.17, 15) is 9.59 Å². The number of H-pyrrole nitrogens is 1. The molecule has 9 heteroatoms. The summed E-state index contributed by atoms with van der Waals surface area (Å²) in [5.41, 5.74) is 6.25. The highest BCUT2D eigenvalue weighted by Gasteiger charge is 2.20. The number of fused-ring (bicyclic) bond motifs is 1. The molecule has 5 rings (SSSR count). The lowest BCUT2D eigenvalue weighted by atomic mass is 10.0. The molecular formula is C32H26ClN3O5. The maximum Gasteiger partial charge on any atom is 0.345 e. The molecule has 206 valence electrons. The summed E-state index contributed by atoms with van der Waals surface area (Å²) in [4.78, 5) is 29.1. The van der Waals surface area contributed by atoms with E-state index in [1.807, 2.05) is 55.5 Å². The van der Waals surface area contributed by atoms with Gasteiger partial charge in [-0.3, -0.25) is 4.79 Å². The van der Waals surface area contributed by atoms with E-state index >= 15 is 0 Å². The third-order valence-corrected chi connectivity index (χ3v) is 6.57. The van der Waals surface area contributed by atoms with Crippen LogP contribution in [0.3, 0.4) is 0 Å². The smallest absolute Gasteiger partial charge is 0.345 e. The van der Waals surface area contributed by atoms with Crippen molar-refractivity contribution in [2.75, 3.05) is 13.7 Å². The van der Waals surface area contributed by atoms with E-state index in [0.717, 1.165) is 22.0 Å². The fourth-order valence-corrected chi connectivity index (χ4v) is 4.55. The Morgan fingerprint density at radius 2 is 1.73 bits per heavy atom. The van der Waals surface area contributed by atoms with E-state index in [1.165, 1.54) is 6.21 Å². The SMILES string of the molecule is CCOc1cc(C=NNC(=O)c2[nH]c3ccc(OC)cc3c2-c2ccccc2)ccc1OC(=O)c1ccccc1Cl. The minimum absolute atomic E-state index is 0.235. The molecular weight excluding hydrogens is 542 g/mol. The fourth-order valence-electron chi connectivity index (χ4n) is 4.33. The average Bonchev–Trinajstić information content (AvgIpc) is 3.38. The zero-order valence-corrected chi connectivity index (χ0v) is 23.1. The molecule has 1 aromatic heterocycles. The molecule has 8 nitrogen and oxygen atoms in total. The molecule has 0 fully saturated rings. The summed E-state index contributed by atoms with van der Waals surface area (Å²) >= 11 is 6.13. The first kappa shape index (κ1) is 27.5. The first-order valence-corrected chi connectivity index (χ1v) is 13.2. The van der Waals surface area contributed by atoms with Crippen LogP contribution in [-0.2, 0) is 0 Å². The van der Waals surface area contributed by atoms with Gasteiger partial charge in [0.2, 0.25) is 0 Å². The number of benzene rings is 4. The summed E-state index contributed by atoms with van der Waals surface area (Å²) in [6.45, 7) is 2.17. The van der Waals surface area contributed by atoms with Crippen molar-refractivity contribution in [1.82, 2.24) is 10.4 Å². The number of methoxy groups -OCH3 is 1. The average molecular weight is 568 g/mol. The maximum atomic E-state index is 13.3. The first-order chi connectivity index (χ1) is 20.0. The topological polar surface area (TPSA) is 102 Å².